The molecule has 0 saturated heterocycles. The lowest BCUT2D eigenvalue weighted by Gasteiger charge is -2.26. The Morgan fingerprint density at radius 2 is 2.50 bits per heavy atom. The van der Waals surface area contributed by atoms with Crippen LogP contribution in [0.4, 0.5) is 9.52 Å². The average molecular weight is 298 g/mol. The Kier molecular flexibility index (Phi) is 3.09. The lowest BCUT2D eigenvalue weighted by molar-refractivity contribution is -0.144. The number of ether oxygens (including phenoxy) is 3. The molecule has 0 aliphatic carbocycles. The fraction of sp³-hybridized carbons (Fsp3) is 0.333. The van der Waals surface area contributed by atoms with Gasteiger partial charge in [-0.2, -0.15) is 0 Å². The number of fused-ring (bicyclic) bond motifs is 3. The van der Waals surface area contributed by atoms with Gasteiger partial charge in [0.05, 0.1) is 0 Å². The molecule has 1 aliphatic rings. The van der Waals surface area contributed by atoms with Gasteiger partial charge in [0.1, 0.15) is 23.4 Å². The largest absolute Gasteiger partial charge is 0.486 e. The van der Waals surface area contributed by atoms with E-state index in [0.29, 0.717) is 16.2 Å². The Labute approximate surface area is 117 Å². The molecule has 3 rings (SSSR count). The van der Waals surface area contributed by atoms with Crippen LogP contribution in [0.25, 0.3) is 10.2 Å². The summed E-state index contributed by atoms with van der Waals surface area (Å²) >= 11 is 1.12. The van der Waals surface area contributed by atoms with Crippen molar-refractivity contribution in [2.45, 2.75) is 13.0 Å². The topological polar surface area (TPSA) is 83.7 Å². The maximum atomic E-state index is 13.8. The number of benzene rings is 1. The molecule has 1 atom stereocenters. The molecule has 2 aromatic rings. The summed E-state index contributed by atoms with van der Waals surface area (Å²) in [5, 5.41) is 0.248. The standard InChI is InChI=1S/C12H11FN2O4S/c1-5(16)17-3-6-4-18-8-2-7(13)9-11(10(8)19-6)20-12(14)15-9/h2,6H,3-4H2,1H3,(H2,14,15). The van der Waals surface area contributed by atoms with Crippen LogP contribution in [0.1, 0.15) is 6.92 Å². The molecule has 8 heteroatoms. The monoisotopic (exact) mass is 298 g/mol. The molecule has 0 fully saturated rings. The molecular weight excluding hydrogens is 287 g/mol. The molecule has 0 amide bonds. The van der Waals surface area contributed by atoms with Gasteiger partial charge < -0.3 is 19.9 Å². The number of nitrogen functional groups attached to an aromatic ring is 1. The normalized spacial score (nSPS) is 17.2. The van der Waals surface area contributed by atoms with Crippen LogP contribution in [0, 0.1) is 5.82 Å². The average Bonchev–Trinajstić information content (AvgIpc) is 2.79. The molecule has 0 saturated carbocycles. The fourth-order valence-electron chi connectivity index (χ4n) is 1.91. The highest BCUT2D eigenvalue weighted by molar-refractivity contribution is 7.22. The molecular formula is C12H11FN2O4S. The van der Waals surface area contributed by atoms with E-state index >= 15 is 0 Å². The first kappa shape index (κ1) is 12.9. The van der Waals surface area contributed by atoms with Gasteiger partial charge >= 0.3 is 5.97 Å². The molecule has 1 aromatic carbocycles. The number of halogens is 1. The Hall–Kier alpha value is -2.09. The predicted octanol–water partition coefficient (Wildman–Crippen LogP) is 1.72. The first-order valence-electron chi connectivity index (χ1n) is 5.86. The number of carbonyl (C=O) groups is 1. The van der Waals surface area contributed by atoms with Crippen molar-refractivity contribution in [1.82, 2.24) is 4.98 Å². The number of carbonyl (C=O) groups excluding carboxylic acids is 1. The Bertz CT molecular complexity index is 688. The van der Waals surface area contributed by atoms with Crippen LogP contribution in [-0.4, -0.2) is 30.3 Å². The summed E-state index contributed by atoms with van der Waals surface area (Å²) in [4.78, 5) is 14.7. The van der Waals surface area contributed by atoms with Crippen LogP contribution >= 0.6 is 11.3 Å². The van der Waals surface area contributed by atoms with E-state index in [0.717, 1.165) is 11.3 Å². The summed E-state index contributed by atoms with van der Waals surface area (Å²) in [5.41, 5.74) is 5.76. The quantitative estimate of drug-likeness (QED) is 0.850. The third kappa shape index (κ3) is 2.22. The van der Waals surface area contributed by atoms with Crippen molar-refractivity contribution < 1.29 is 23.4 Å². The number of nitrogens with two attached hydrogens (primary N) is 1. The number of aromatic nitrogens is 1. The predicted molar refractivity (Wildman–Crippen MR) is 70.5 cm³/mol. The van der Waals surface area contributed by atoms with Gasteiger partial charge in [-0.05, 0) is 0 Å². The number of esters is 1. The molecule has 1 aliphatic heterocycles. The van der Waals surface area contributed by atoms with E-state index < -0.39 is 17.9 Å². The molecule has 106 valence electrons. The summed E-state index contributed by atoms with van der Waals surface area (Å²) in [5.74, 6) is -0.212. The van der Waals surface area contributed by atoms with Crippen molar-refractivity contribution in [3.05, 3.63) is 11.9 Å². The Morgan fingerprint density at radius 1 is 1.70 bits per heavy atom. The number of hydrogen-bond donors (Lipinski definition) is 1. The molecule has 0 spiro atoms. The second-order valence-electron chi connectivity index (χ2n) is 4.27. The van der Waals surface area contributed by atoms with Crippen LogP contribution in [0.2, 0.25) is 0 Å². The fourth-order valence-corrected chi connectivity index (χ4v) is 2.74. The first-order chi connectivity index (χ1) is 9.54. The minimum absolute atomic E-state index is 0.0714. The number of thiazole rings is 1. The smallest absolute Gasteiger partial charge is 0.302 e. The van der Waals surface area contributed by atoms with Crippen molar-refractivity contribution in [3.8, 4) is 11.5 Å². The number of rotatable bonds is 2. The molecule has 2 heterocycles. The van der Waals surface area contributed by atoms with Crippen molar-refractivity contribution >= 4 is 32.7 Å². The summed E-state index contributed by atoms with van der Waals surface area (Å²) in [7, 11) is 0. The third-order valence-corrected chi connectivity index (χ3v) is 3.62. The van der Waals surface area contributed by atoms with Gasteiger partial charge in [-0.15, -0.1) is 0 Å². The van der Waals surface area contributed by atoms with Gasteiger partial charge in [-0.1, -0.05) is 11.3 Å². The van der Waals surface area contributed by atoms with Gasteiger partial charge in [-0.25, -0.2) is 9.37 Å². The Balaban J connectivity index is 1.95. The van der Waals surface area contributed by atoms with Gasteiger partial charge in [-0.3, -0.25) is 4.79 Å². The van der Waals surface area contributed by atoms with Crippen LogP contribution < -0.4 is 15.2 Å². The number of anilines is 1. The molecule has 1 aromatic heterocycles. The summed E-state index contributed by atoms with van der Waals surface area (Å²) in [6.45, 7) is 1.57. The van der Waals surface area contributed by atoms with E-state index in [2.05, 4.69) is 4.98 Å². The summed E-state index contributed by atoms with van der Waals surface area (Å²) < 4.78 is 30.4. The van der Waals surface area contributed by atoms with Crippen LogP contribution in [0.3, 0.4) is 0 Å². The van der Waals surface area contributed by atoms with E-state index in [9.17, 15) is 9.18 Å². The van der Waals surface area contributed by atoms with E-state index in [4.69, 9.17) is 19.9 Å². The van der Waals surface area contributed by atoms with Crippen molar-refractivity contribution in [1.29, 1.82) is 0 Å². The number of nitrogens with zero attached hydrogens (tertiary/aromatic N) is 1. The van der Waals surface area contributed by atoms with Crippen LogP contribution in [0.5, 0.6) is 11.5 Å². The minimum atomic E-state index is -0.506. The van der Waals surface area contributed by atoms with Crippen molar-refractivity contribution in [2.24, 2.45) is 0 Å². The van der Waals surface area contributed by atoms with Gasteiger partial charge in [0.25, 0.3) is 0 Å². The number of hydrogen-bond acceptors (Lipinski definition) is 7. The van der Waals surface area contributed by atoms with E-state index in [1.165, 1.54) is 13.0 Å². The van der Waals surface area contributed by atoms with Crippen molar-refractivity contribution in [2.75, 3.05) is 18.9 Å². The van der Waals surface area contributed by atoms with Crippen molar-refractivity contribution in [3.63, 3.8) is 0 Å². The third-order valence-electron chi connectivity index (χ3n) is 2.74. The zero-order valence-electron chi connectivity index (χ0n) is 10.5. The van der Waals surface area contributed by atoms with Gasteiger partial charge in [0.2, 0.25) is 0 Å². The minimum Gasteiger partial charge on any atom is -0.486 e. The highest BCUT2D eigenvalue weighted by atomic mass is 32.1. The van der Waals surface area contributed by atoms with E-state index in [1.807, 2.05) is 0 Å². The molecule has 20 heavy (non-hydrogen) atoms. The molecule has 2 N–H and O–H groups in total. The Morgan fingerprint density at radius 3 is 3.25 bits per heavy atom. The highest BCUT2D eigenvalue weighted by Gasteiger charge is 2.27. The molecule has 0 bridgehead atoms. The molecule has 0 radical (unpaired) electrons. The zero-order chi connectivity index (χ0) is 14.3. The van der Waals surface area contributed by atoms with E-state index in [-0.39, 0.29) is 23.9 Å². The SMILES string of the molecule is CC(=O)OCC1COc2cc(F)c3nc(N)sc3c2O1. The molecule has 1 unspecified atom stereocenters. The van der Waals surface area contributed by atoms with E-state index in [1.54, 1.807) is 0 Å². The van der Waals surface area contributed by atoms with Gasteiger partial charge in [0.15, 0.2) is 28.6 Å². The molecule has 6 nitrogen and oxygen atoms in total. The maximum Gasteiger partial charge on any atom is 0.302 e. The summed E-state index contributed by atoms with van der Waals surface area (Å²) in [6.07, 6.45) is -0.441. The second-order valence-corrected chi connectivity index (χ2v) is 5.30. The van der Waals surface area contributed by atoms with Gasteiger partial charge in [0, 0.05) is 13.0 Å². The van der Waals surface area contributed by atoms with Crippen LogP contribution in [0.15, 0.2) is 6.07 Å². The maximum absolute atomic E-state index is 13.8. The first-order valence-corrected chi connectivity index (χ1v) is 6.67. The van der Waals surface area contributed by atoms with Crippen LogP contribution in [-0.2, 0) is 9.53 Å². The lowest BCUT2D eigenvalue weighted by Crippen LogP contribution is -2.34. The highest BCUT2D eigenvalue weighted by Crippen LogP contribution is 2.43. The lowest BCUT2D eigenvalue weighted by atomic mass is 10.2. The second kappa shape index (κ2) is 4.78. The summed E-state index contributed by atoms with van der Waals surface area (Å²) in [6, 6.07) is 1.22. The zero-order valence-corrected chi connectivity index (χ0v) is 11.3.